The minimum absolute atomic E-state index is 0.0913. The van der Waals surface area contributed by atoms with Gasteiger partial charge in [0.15, 0.2) is 28.4 Å². The summed E-state index contributed by atoms with van der Waals surface area (Å²) in [6, 6.07) is 3.69. The van der Waals surface area contributed by atoms with E-state index < -0.39 is 39.9 Å². The minimum atomic E-state index is -0.859. The van der Waals surface area contributed by atoms with Crippen LogP contribution in [0.2, 0.25) is 0 Å². The zero-order valence-electron chi connectivity index (χ0n) is 11.3. The second-order valence-electron chi connectivity index (χ2n) is 4.80. The predicted molar refractivity (Wildman–Crippen MR) is 77.9 cm³/mol. The number of aromatic hydroxyl groups is 6. The Bertz CT molecular complexity index is 1000. The molecule has 0 aliphatic heterocycles. The van der Waals surface area contributed by atoms with Crippen molar-refractivity contribution in [2.75, 3.05) is 0 Å². The molecule has 0 bridgehead atoms. The highest BCUT2D eigenvalue weighted by atomic mass is 16.4. The van der Waals surface area contributed by atoms with Gasteiger partial charge in [0.05, 0.1) is 5.56 Å². The summed E-state index contributed by atoms with van der Waals surface area (Å²) >= 11 is 0. The van der Waals surface area contributed by atoms with E-state index in [1.54, 1.807) is 0 Å². The van der Waals surface area contributed by atoms with Crippen molar-refractivity contribution in [2.45, 2.75) is 0 Å². The minimum Gasteiger partial charge on any atom is -0.507 e. The molecule has 0 aliphatic rings. The molecule has 23 heavy (non-hydrogen) atoms. The van der Waals surface area contributed by atoms with E-state index in [9.17, 15) is 35.4 Å². The molecule has 0 saturated heterocycles. The highest BCUT2D eigenvalue weighted by molar-refractivity contribution is 5.89. The Kier molecular flexibility index (Phi) is 2.96. The fourth-order valence-electron chi connectivity index (χ4n) is 2.17. The van der Waals surface area contributed by atoms with Gasteiger partial charge < -0.3 is 35.1 Å². The van der Waals surface area contributed by atoms with Crippen LogP contribution in [0.15, 0.2) is 33.5 Å². The van der Waals surface area contributed by atoms with Crippen LogP contribution in [0.3, 0.4) is 0 Å². The molecule has 0 aliphatic carbocycles. The van der Waals surface area contributed by atoms with Gasteiger partial charge in [-0.2, -0.15) is 0 Å². The third-order valence-electron chi connectivity index (χ3n) is 3.30. The van der Waals surface area contributed by atoms with Crippen molar-refractivity contribution in [1.29, 1.82) is 0 Å². The maximum absolute atomic E-state index is 12.1. The molecule has 1 aromatic heterocycles. The van der Waals surface area contributed by atoms with E-state index in [-0.39, 0.29) is 22.3 Å². The van der Waals surface area contributed by atoms with Crippen LogP contribution in [0.4, 0.5) is 0 Å². The number of hydrogen-bond donors (Lipinski definition) is 6. The average molecular weight is 318 g/mol. The van der Waals surface area contributed by atoms with Gasteiger partial charge in [-0.05, 0) is 6.07 Å². The highest BCUT2D eigenvalue weighted by Gasteiger charge is 2.19. The fraction of sp³-hybridized carbons (Fsp3) is 0. The maximum Gasteiger partial charge on any atom is 0.201 e. The van der Waals surface area contributed by atoms with Crippen molar-refractivity contribution in [2.24, 2.45) is 0 Å². The summed E-state index contributed by atoms with van der Waals surface area (Å²) in [5, 5.41) is 56.9. The first-order valence-corrected chi connectivity index (χ1v) is 6.26. The molecule has 8 nitrogen and oxygen atoms in total. The van der Waals surface area contributed by atoms with Crippen LogP contribution in [-0.4, -0.2) is 30.6 Å². The number of fused-ring (bicyclic) bond motifs is 1. The van der Waals surface area contributed by atoms with Gasteiger partial charge in [0.25, 0.3) is 0 Å². The van der Waals surface area contributed by atoms with Crippen LogP contribution in [0.1, 0.15) is 0 Å². The van der Waals surface area contributed by atoms with Crippen molar-refractivity contribution in [3.8, 4) is 45.8 Å². The topological polar surface area (TPSA) is 152 Å². The van der Waals surface area contributed by atoms with Gasteiger partial charge in [-0.15, -0.1) is 0 Å². The van der Waals surface area contributed by atoms with E-state index in [2.05, 4.69) is 0 Å². The van der Waals surface area contributed by atoms with Crippen molar-refractivity contribution in [3.63, 3.8) is 0 Å². The number of phenolic OH excluding ortho intramolecular Hbond substituents is 6. The van der Waals surface area contributed by atoms with Crippen molar-refractivity contribution >= 4 is 11.0 Å². The second-order valence-corrected chi connectivity index (χ2v) is 4.80. The molecule has 8 heteroatoms. The SMILES string of the molecule is O=c1cc(-c2cc(O)c(O)cc2O)oc2cc(O)c(O)c(O)c12. The van der Waals surface area contributed by atoms with Crippen LogP contribution >= 0.6 is 0 Å². The van der Waals surface area contributed by atoms with Crippen LogP contribution in [-0.2, 0) is 0 Å². The van der Waals surface area contributed by atoms with Crippen LogP contribution < -0.4 is 5.43 Å². The summed E-state index contributed by atoms with van der Waals surface area (Å²) in [4.78, 5) is 12.1. The molecule has 118 valence electrons. The van der Waals surface area contributed by atoms with E-state index in [1.165, 1.54) is 0 Å². The number of hydrogen-bond acceptors (Lipinski definition) is 8. The second kappa shape index (κ2) is 4.73. The Labute approximate surface area is 127 Å². The first-order valence-electron chi connectivity index (χ1n) is 6.26. The lowest BCUT2D eigenvalue weighted by molar-refractivity contribution is 0.370. The summed E-state index contributed by atoms with van der Waals surface area (Å²) in [6.07, 6.45) is 0. The van der Waals surface area contributed by atoms with Gasteiger partial charge in [-0.3, -0.25) is 4.79 Å². The van der Waals surface area contributed by atoms with E-state index >= 15 is 0 Å². The molecular weight excluding hydrogens is 308 g/mol. The Hall–Kier alpha value is -3.55. The molecule has 6 N–H and O–H groups in total. The Morgan fingerprint density at radius 1 is 0.696 bits per heavy atom. The van der Waals surface area contributed by atoms with E-state index in [0.29, 0.717) is 0 Å². The molecule has 0 radical (unpaired) electrons. The largest absolute Gasteiger partial charge is 0.507 e. The summed E-state index contributed by atoms with van der Waals surface area (Å²) in [5.41, 5.74) is -1.08. The first-order chi connectivity index (χ1) is 10.8. The zero-order chi connectivity index (χ0) is 16.9. The molecule has 0 saturated carbocycles. The smallest absolute Gasteiger partial charge is 0.201 e. The van der Waals surface area contributed by atoms with Crippen LogP contribution in [0, 0.1) is 0 Å². The molecule has 0 fully saturated rings. The molecular formula is C15H10O8. The monoisotopic (exact) mass is 318 g/mol. The Balaban J connectivity index is 2.36. The van der Waals surface area contributed by atoms with Gasteiger partial charge in [-0.25, -0.2) is 0 Å². The average Bonchev–Trinajstić information content (AvgIpc) is 2.48. The number of benzene rings is 2. The lowest BCUT2D eigenvalue weighted by Crippen LogP contribution is -2.01. The van der Waals surface area contributed by atoms with Gasteiger partial charge in [0, 0.05) is 18.2 Å². The highest BCUT2D eigenvalue weighted by Crippen LogP contribution is 2.42. The van der Waals surface area contributed by atoms with Gasteiger partial charge in [-0.1, -0.05) is 0 Å². The third kappa shape index (κ3) is 2.13. The Morgan fingerprint density at radius 3 is 2.04 bits per heavy atom. The lowest BCUT2D eigenvalue weighted by atomic mass is 10.1. The van der Waals surface area contributed by atoms with Gasteiger partial charge >= 0.3 is 0 Å². The molecule has 0 unspecified atom stereocenters. The standard InChI is InChI=1S/C15H10O8/c16-6-2-8(18)7(17)1-5(6)11-3-9(19)13-12(23-11)4-10(20)14(21)15(13)22/h1-4,16-18,20-22H. The zero-order valence-corrected chi connectivity index (χ0v) is 11.3. The lowest BCUT2D eigenvalue weighted by Gasteiger charge is -2.09. The molecule has 0 spiro atoms. The number of phenols is 6. The van der Waals surface area contributed by atoms with Crippen molar-refractivity contribution in [1.82, 2.24) is 0 Å². The molecule has 3 aromatic rings. The normalized spacial score (nSPS) is 11.0. The van der Waals surface area contributed by atoms with Gasteiger partial charge in [0.2, 0.25) is 5.75 Å². The summed E-state index contributed by atoms with van der Waals surface area (Å²) in [5.74, 6) is -4.14. The van der Waals surface area contributed by atoms with Crippen molar-refractivity contribution in [3.05, 3.63) is 34.5 Å². The van der Waals surface area contributed by atoms with Crippen LogP contribution in [0.25, 0.3) is 22.3 Å². The number of rotatable bonds is 1. The molecule has 0 atom stereocenters. The van der Waals surface area contributed by atoms with E-state index in [1.807, 2.05) is 0 Å². The fourth-order valence-corrected chi connectivity index (χ4v) is 2.17. The predicted octanol–water partition coefficient (Wildman–Crippen LogP) is 1.69. The van der Waals surface area contributed by atoms with Crippen molar-refractivity contribution < 1.29 is 35.1 Å². The van der Waals surface area contributed by atoms with Gasteiger partial charge in [0.1, 0.15) is 22.5 Å². The van der Waals surface area contributed by atoms with E-state index in [0.717, 1.165) is 24.3 Å². The Morgan fingerprint density at radius 2 is 1.35 bits per heavy atom. The summed E-state index contributed by atoms with van der Waals surface area (Å²) in [6.45, 7) is 0. The summed E-state index contributed by atoms with van der Waals surface area (Å²) < 4.78 is 5.34. The molecule has 0 amide bonds. The third-order valence-corrected chi connectivity index (χ3v) is 3.30. The van der Waals surface area contributed by atoms with E-state index in [4.69, 9.17) is 4.42 Å². The van der Waals surface area contributed by atoms with Crippen LogP contribution in [0.5, 0.6) is 34.5 Å². The summed E-state index contributed by atoms with van der Waals surface area (Å²) in [7, 11) is 0. The quantitative estimate of drug-likeness (QED) is 0.293. The first kappa shape index (κ1) is 14.4. The molecule has 1 heterocycles. The molecule has 2 aromatic carbocycles. The maximum atomic E-state index is 12.1. The molecule has 3 rings (SSSR count).